The van der Waals surface area contributed by atoms with Crippen LogP contribution >= 0.6 is 11.3 Å². The van der Waals surface area contributed by atoms with E-state index in [1.54, 1.807) is 6.92 Å². The molecule has 1 amide bonds. The van der Waals surface area contributed by atoms with Crippen LogP contribution in [0.25, 0.3) is 0 Å². The first-order valence-corrected chi connectivity index (χ1v) is 9.73. The minimum atomic E-state index is -3.51. The van der Waals surface area contributed by atoms with E-state index in [-0.39, 0.29) is 12.6 Å². The van der Waals surface area contributed by atoms with Crippen LogP contribution in [0, 0.1) is 6.92 Å². The van der Waals surface area contributed by atoms with Gasteiger partial charge < -0.3 is 4.74 Å². The maximum absolute atomic E-state index is 12.7. The summed E-state index contributed by atoms with van der Waals surface area (Å²) in [5.74, 6) is -0.436. The molecular formula is C14H20N2O4S2. The number of carbonyl (C=O) groups is 1. The van der Waals surface area contributed by atoms with Crippen molar-refractivity contribution in [1.82, 2.24) is 9.29 Å². The van der Waals surface area contributed by atoms with Crippen LogP contribution in [0.2, 0.25) is 0 Å². The number of rotatable bonds is 4. The molecule has 1 saturated carbocycles. The van der Waals surface area contributed by atoms with E-state index in [4.69, 9.17) is 4.74 Å². The number of carbonyl (C=O) groups excluding carboxylic acids is 1. The lowest BCUT2D eigenvalue weighted by Crippen LogP contribution is -2.35. The molecule has 2 heterocycles. The first kappa shape index (κ1) is 15.9. The maximum atomic E-state index is 12.7. The van der Waals surface area contributed by atoms with Gasteiger partial charge in [0.15, 0.2) is 0 Å². The molecule has 1 aromatic rings. The third-order valence-corrected chi connectivity index (χ3v) is 8.36. The second-order valence-corrected chi connectivity index (χ2v) is 9.17. The Morgan fingerprint density at radius 2 is 2.14 bits per heavy atom. The molecule has 22 heavy (non-hydrogen) atoms. The van der Waals surface area contributed by atoms with Gasteiger partial charge in [-0.15, -0.1) is 11.3 Å². The molecule has 1 unspecified atom stereocenters. The lowest BCUT2D eigenvalue weighted by atomic mass is 10.3. The van der Waals surface area contributed by atoms with Crippen LogP contribution in [0.3, 0.4) is 0 Å². The van der Waals surface area contributed by atoms with E-state index >= 15 is 0 Å². The standard InChI is InChI=1S/C14H20N2O4S2/c1-4-20-10(3)12-15-9(2)11(21-12)13(17)16-8-7-14(5-6-14)22(16,18)19/h10H,4-8H2,1-3H3. The number of ether oxygens (including phenoxy) is 1. The zero-order valence-electron chi connectivity index (χ0n) is 13.0. The van der Waals surface area contributed by atoms with E-state index in [9.17, 15) is 13.2 Å². The van der Waals surface area contributed by atoms with Crippen molar-refractivity contribution in [3.05, 3.63) is 15.6 Å². The summed E-state index contributed by atoms with van der Waals surface area (Å²) in [4.78, 5) is 17.4. The monoisotopic (exact) mass is 344 g/mol. The fourth-order valence-corrected chi connectivity index (χ4v) is 6.02. The topological polar surface area (TPSA) is 76.6 Å². The summed E-state index contributed by atoms with van der Waals surface area (Å²) in [5, 5.41) is 0.709. The predicted octanol–water partition coefficient (Wildman–Crippen LogP) is 2.26. The first-order valence-electron chi connectivity index (χ1n) is 7.48. The van der Waals surface area contributed by atoms with Crippen LogP contribution in [0.15, 0.2) is 0 Å². The molecule has 1 spiro atoms. The Labute approximate surface area is 134 Å². The van der Waals surface area contributed by atoms with E-state index in [0.717, 1.165) is 4.31 Å². The molecule has 1 aliphatic heterocycles. The zero-order chi connectivity index (χ0) is 16.1. The largest absolute Gasteiger partial charge is 0.372 e. The summed E-state index contributed by atoms with van der Waals surface area (Å²) in [7, 11) is -3.51. The highest BCUT2D eigenvalue weighted by molar-refractivity contribution is 7.91. The van der Waals surface area contributed by atoms with Gasteiger partial charge >= 0.3 is 0 Å². The second kappa shape index (κ2) is 5.28. The maximum Gasteiger partial charge on any atom is 0.279 e. The summed E-state index contributed by atoms with van der Waals surface area (Å²) in [6.45, 7) is 6.36. The number of aryl methyl sites for hydroxylation is 1. The van der Waals surface area contributed by atoms with Crippen molar-refractivity contribution in [3.63, 3.8) is 0 Å². The average molecular weight is 344 g/mol. The van der Waals surface area contributed by atoms with Gasteiger partial charge in [-0.2, -0.15) is 0 Å². The molecule has 2 fully saturated rings. The lowest BCUT2D eigenvalue weighted by molar-refractivity contribution is 0.0761. The van der Waals surface area contributed by atoms with Crippen LogP contribution in [0.5, 0.6) is 0 Å². The quantitative estimate of drug-likeness (QED) is 0.837. The molecule has 8 heteroatoms. The summed E-state index contributed by atoms with van der Waals surface area (Å²) < 4.78 is 30.9. The molecule has 6 nitrogen and oxygen atoms in total. The number of hydrogen-bond donors (Lipinski definition) is 0. The van der Waals surface area contributed by atoms with Crippen LogP contribution in [0.4, 0.5) is 0 Å². The van der Waals surface area contributed by atoms with Gasteiger partial charge in [-0.05, 0) is 40.0 Å². The van der Waals surface area contributed by atoms with Crippen LogP contribution in [0.1, 0.15) is 59.6 Å². The Balaban J connectivity index is 1.87. The molecule has 2 aliphatic rings. The van der Waals surface area contributed by atoms with Crippen molar-refractivity contribution in [2.75, 3.05) is 13.2 Å². The van der Waals surface area contributed by atoms with Crippen molar-refractivity contribution in [3.8, 4) is 0 Å². The van der Waals surface area contributed by atoms with E-state index in [1.165, 1.54) is 11.3 Å². The molecule has 122 valence electrons. The summed E-state index contributed by atoms with van der Waals surface area (Å²) >= 11 is 1.23. The number of hydrogen-bond acceptors (Lipinski definition) is 6. The highest BCUT2D eigenvalue weighted by atomic mass is 32.2. The van der Waals surface area contributed by atoms with Gasteiger partial charge in [0.2, 0.25) is 10.0 Å². The third-order valence-electron chi connectivity index (χ3n) is 4.41. The fraction of sp³-hybridized carbons (Fsp3) is 0.714. The van der Waals surface area contributed by atoms with E-state index in [0.29, 0.717) is 41.4 Å². The number of amides is 1. The molecule has 1 aliphatic carbocycles. The minimum Gasteiger partial charge on any atom is -0.372 e. The third kappa shape index (κ3) is 2.28. The zero-order valence-corrected chi connectivity index (χ0v) is 14.6. The Kier molecular flexibility index (Phi) is 3.81. The fourth-order valence-electron chi connectivity index (χ4n) is 2.87. The molecule has 0 N–H and O–H groups in total. The summed E-state index contributed by atoms with van der Waals surface area (Å²) in [6.07, 6.45) is 1.71. The highest BCUT2D eigenvalue weighted by Crippen LogP contribution is 2.52. The number of thiazole rings is 1. The van der Waals surface area contributed by atoms with E-state index in [1.807, 2.05) is 13.8 Å². The van der Waals surface area contributed by atoms with Crippen LogP contribution < -0.4 is 0 Å². The molecule has 0 bridgehead atoms. The van der Waals surface area contributed by atoms with Gasteiger partial charge in [0.25, 0.3) is 5.91 Å². The first-order chi connectivity index (χ1) is 10.3. The van der Waals surface area contributed by atoms with Gasteiger partial charge in [-0.1, -0.05) is 0 Å². The van der Waals surface area contributed by atoms with Crippen molar-refractivity contribution < 1.29 is 17.9 Å². The summed E-state index contributed by atoms with van der Waals surface area (Å²) in [5.41, 5.74) is 0.573. The van der Waals surface area contributed by atoms with E-state index < -0.39 is 20.7 Å². The molecule has 0 aromatic carbocycles. The predicted molar refractivity (Wildman–Crippen MR) is 83.4 cm³/mol. The average Bonchev–Trinajstić information content (AvgIpc) is 3.08. The van der Waals surface area contributed by atoms with Crippen LogP contribution in [-0.4, -0.2) is 41.5 Å². The Morgan fingerprint density at radius 3 is 2.68 bits per heavy atom. The van der Waals surface area contributed by atoms with Gasteiger partial charge in [0.1, 0.15) is 16.0 Å². The Morgan fingerprint density at radius 1 is 1.45 bits per heavy atom. The smallest absolute Gasteiger partial charge is 0.279 e. The molecule has 1 aromatic heterocycles. The lowest BCUT2D eigenvalue weighted by Gasteiger charge is -2.16. The molecule has 1 saturated heterocycles. The molecule has 1 atom stereocenters. The van der Waals surface area contributed by atoms with Crippen molar-refractivity contribution in [2.24, 2.45) is 0 Å². The molecular weight excluding hydrogens is 324 g/mol. The Hall–Kier alpha value is -0.990. The second-order valence-electron chi connectivity index (χ2n) is 5.88. The normalized spacial score (nSPS) is 23.0. The van der Waals surface area contributed by atoms with Gasteiger partial charge in [-0.25, -0.2) is 17.7 Å². The van der Waals surface area contributed by atoms with Gasteiger partial charge in [-0.3, -0.25) is 4.79 Å². The van der Waals surface area contributed by atoms with Crippen molar-refractivity contribution in [2.45, 2.75) is 50.9 Å². The Bertz CT molecular complexity index is 706. The number of nitrogens with zero attached hydrogens (tertiary/aromatic N) is 2. The minimum absolute atomic E-state index is 0.194. The van der Waals surface area contributed by atoms with Gasteiger partial charge in [0.05, 0.1) is 10.4 Å². The van der Waals surface area contributed by atoms with Crippen molar-refractivity contribution in [1.29, 1.82) is 0 Å². The van der Waals surface area contributed by atoms with E-state index in [2.05, 4.69) is 4.98 Å². The number of sulfonamides is 1. The molecule has 3 rings (SSSR count). The van der Waals surface area contributed by atoms with Gasteiger partial charge in [0, 0.05) is 13.2 Å². The SMILES string of the molecule is CCOC(C)c1nc(C)c(C(=O)N2CCC3(CC3)S2(=O)=O)s1. The van der Waals surface area contributed by atoms with Crippen LogP contribution in [-0.2, 0) is 14.8 Å². The molecule has 0 radical (unpaired) electrons. The summed E-state index contributed by atoms with van der Waals surface area (Å²) in [6, 6.07) is 0. The number of aromatic nitrogens is 1. The highest BCUT2D eigenvalue weighted by Gasteiger charge is 2.62. The van der Waals surface area contributed by atoms with Crippen molar-refractivity contribution >= 4 is 27.3 Å².